The molecule has 1 aromatic carbocycles. The summed E-state index contributed by atoms with van der Waals surface area (Å²) in [5.41, 5.74) is 0.394. The van der Waals surface area contributed by atoms with E-state index in [0.717, 1.165) is 6.42 Å². The van der Waals surface area contributed by atoms with Crippen LogP contribution in [0.5, 0.6) is 5.75 Å². The molecule has 0 bridgehead atoms. The van der Waals surface area contributed by atoms with Crippen molar-refractivity contribution in [2.75, 3.05) is 20.0 Å². The van der Waals surface area contributed by atoms with Crippen LogP contribution in [-0.2, 0) is 9.47 Å². The second-order valence-electron chi connectivity index (χ2n) is 9.24. The second-order valence-corrected chi connectivity index (χ2v) is 14.0. The van der Waals surface area contributed by atoms with Crippen LogP contribution in [0.4, 0.5) is 0 Å². The summed E-state index contributed by atoms with van der Waals surface area (Å²) in [5, 5.41) is 0.0606. The fourth-order valence-corrected chi connectivity index (χ4v) is 3.65. The topological polar surface area (TPSA) is 44.8 Å². The molecule has 1 aliphatic carbocycles. The summed E-state index contributed by atoms with van der Waals surface area (Å²) in [6.07, 6.45) is 0.946. The highest BCUT2D eigenvalue weighted by Gasteiger charge is 2.49. The molecule has 0 aliphatic heterocycles. The molecule has 0 aromatic heterocycles. The van der Waals surface area contributed by atoms with Gasteiger partial charge in [-0.05, 0) is 56.5 Å². The maximum atomic E-state index is 12.8. The van der Waals surface area contributed by atoms with E-state index >= 15 is 0 Å². The molecule has 0 unspecified atom stereocenters. The van der Waals surface area contributed by atoms with Gasteiger partial charge in [0.1, 0.15) is 12.5 Å². The lowest BCUT2D eigenvalue weighted by Crippen LogP contribution is -2.44. The van der Waals surface area contributed by atoms with Gasteiger partial charge in [0.05, 0.1) is 12.2 Å². The Bertz CT molecular complexity index is 754. The number of hydrogen-bond acceptors (Lipinski definition) is 4. The standard InChI is InChI=1S/C23H34O4Si/c1-8-25-17-26-16-18-15-23(18,5)14-13-20(24)19-11-9-10-12-21(19)27-28(6,7)22(2,3)4/h9-12,18H,8,15-17H2,1-7H3/t18-,23+/m1/s1. The van der Waals surface area contributed by atoms with Gasteiger partial charge >= 0.3 is 0 Å². The summed E-state index contributed by atoms with van der Waals surface area (Å²) in [6.45, 7) is 16.5. The van der Waals surface area contributed by atoms with E-state index in [1.807, 2.05) is 25.1 Å². The van der Waals surface area contributed by atoms with Crippen LogP contribution in [0.1, 0.15) is 51.4 Å². The van der Waals surface area contributed by atoms with Gasteiger partial charge in [0.2, 0.25) is 5.78 Å². The first kappa shape index (κ1) is 22.7. The number of carbonyl (C=O) groups is 1. The van der Waals surface area contributed by atoms with E-state index in [9.17, 15) is 4.79 Å². The Morgan fingerprint density at radius 2 is 1.93 bits per heavy atom. The number of rotatable bonds is 8. The van der Waals surface area contributed by atoms with Crippen molar-refractivity contribution in [3.8, 4) is 17.6 Å². The lowest BCUT2D eigenvalue weighted by atomic mass is 10.1. The van der Waals surface area contributed by atoms with E-state index in [4.69, 9.17) is 13.9 Å². The number of benzene rings is 1. The molecule has 1 fully saturated rings. The third kappa shape index (κ3) is 5.70. The van der Waals surface area contributed by atoms with Gasteiger partial charge in [0, 0.05) is 17.9 Å². The highest BCUT2D eigenvalue weighted by atomic mass is 28.4. The minimum atomic E-state index is -2.03. The minimum absolute atomic E-state index is 0.0606. The minimum Gasteiger partial charge on any atom is -0.543 e. The van der Waals surface area contributed by atoms with Crippen molar-refractivity contribution >= 4 is 14.1 Å². The van der Waals surface area contributed by atoms with Gasteiger partial charge in [0.15, 0.2) is 0 Å². The van der Waals surface area contributed by atoms with Crippen molar-refractivity contribution in [2.24, 2.45) is 11.3 Å². The molecule has 0 heterocycles. The molecule has 154 valence electrons. The number of ketones is 1. The normalized spacial score (nSPS) is 21.6. The van der Waals surface area contributed by atoms with Crippen LogP contribution in [0.15, 0.2) is 24.3 Å². The molecule has 0 amide bonds. The van der Waals surface area contributed by atoms with Crippen LogP contribution in [0.2, 0.25) is 18.1 Å². The summed E-state index contributed by atoms with van der Waals surface area (Å²) in [7, 11) is -2.03. The van der Waals surface area contributed by atoms with Crippen molar-refractivity contribution in [2.45, 2.75) is 59.2 Å². The summed E-state index contributed by atoms with van der Waals surface area (Å²) >= 11 is 0. The number of Topliss-reactive ketones (excluding diaryl/α,β-unsaturated/α-hetero) is 1. The third-order valence-corrected chi connectivity index (χ3v) is 10.2. The van der Waals surface area contributed by atoms with Crippen LogP contribution in [-0.4, -0.2) is 34.1 Å². The second kappa shape index (κ2) is 8.81. The van der Waals surface area contributed by atoms with Gasteiger partial charge in [-0.3, -0.25) is 4.79 Å². The van der Waals surface area contributed by atoms with Crippen LogP contribution in [0.3, 0.4) is 0 Å². The molecule has 4 nitrogen and oxygen atoms in total. The molecule has 1 aromatic rings. The molecule has 1 saturated carbocycles. The number of carbonyl (C=O) groups excluding carboxylic acids is 1. The first-order chi connectivity index (χ1) is 13.0. The van der Waals surface area contributed by atoms with E-state index in [0.29, 0.717) is 37.2 Å². The number of para-hydroxylation sites is 1. The molecule has 2 atom stereocenters. The average molecular weight is 403 g/mol. The molecule has 2 rings (SSSR count). The van der Waals surface area contributed by atoms with Crippen molar-refractivity contribution < 1.29 is 18.7 Å². The summed E-state index contributed by atoms with van der Waals surface area (Å²) in [5.74, 6) is 6.85. The monoisotopic (exact) mass is 402 g/mol. The smallest absolute Gasteiger partial charge is 0.250 e. The van der Waals surface area contributed by atoms with Gasteiger partial charge in [-0.2, -0.15) is 0 Å². The van der Waals surface area contributed by atoms with Crippen molar-refractivity contribution in [1.29, 1.82) is 0 Å². The Labute approximate surface area is 171 Å². The van der Waals surface area contributed by atoms with Gasteiger partial charge < -0.3 is 13.9 Å². The van der Waals surface area contributed by atoms with E-state index in [1.54, 1.807) is 6.07 Å². The predicted molar refractivity (Wildman–Crippen MR) is 115 cm³/mol. The molecular weight excluding hydrogens is 368 g/mol. The largest absolute Gasteiger partial charge is 0.543 e. The number of ether oxygens (including phenoxy) is 2. The Morgan fingerprint density at radius 3 is 2.57 bits per heavy atom. The first-order valence-corrected chi connectivity index (χ1v) is 12.9. The zero-order valence-electron chi connectivity index (χ0n) is 18.3. The zero-order chi connectivity index (χ0) is 21.0. The quantitative estimate of drug-likeness (QED) is 0.148. The maximum absolute atomic E-state index is 12.8. The average Bonchev–Trinajstić information content (AvgIpc) is 3.26. The summed E-state index contributed by atoms with van der Waals surface area (Å²) in [4.78, 5) is 12.8. The fourth-order valence-electron chi connectivity index (χ4n) is 2.62. The Kier molecular flexibility index (Phi) is 7.14. The van der Waals surface area contributed by atoms with Gasteiger partial charge in [-0.1, -0.05) is 38.8 Å². The van der Waals surface area contributed by atoms with Crippen molar-refractivity contribution in [3.63, 3.8) is 0 Å². The maximum Gasteiger partial charge on any atom is 0.250 e. The molecule has 0 spiro atoms. The predicted octanol–water partition coefficient (Wildman–Crippen LogP) is 5.29. The fraction of sp³-hybridized carbons (Fsp3) is 0.609. The highest BCUT2D eigenvalue weighted by Crippen LogP contribution is 2.51. The van der Waals surface area contributed by atoms with Crippen LogP contribution >= 0.6 is 0 Å². The molecular formula is C23H34O4Si. The molecule has 1 aliphatic rings. The SMILES string of the molecule is CCOCOC[C@H]1C[C@]1(C)C#CC(=O)c1ccccc1O[Si](C)(C)C(C)(C)C. The van der Waals surface area contributed by atoms with Crippen LogP contribution in [0, 0.1) is 23.2 Å². The molecule has 0 N–H and O–H groups in total. The summed E-state index contributed by atoms with van der Waals surface area (Å²) in [6, 6.07) is 7.44. The Balaban J connectivity index is 2.06. The van der Waals surface area contributed by atoms with Gasteiger partial charge in [-0.25, -0.2) is 0 Å². The number of hydrogen-bond donors (Lipinski definition) is 0. The van der Waals surface area contributed by atoms with Crippen LogP contribution < -0.4 is 4.43 Å². The van der Waals surface area contributed by atoms with E-state index in [1.165, 1.54) is 0 Å². The molecule has 5 heteroatoms. The lowest BCUT2D eigenvalue weighted by Gasteiger charge is -2.36. The van der Waals surface area contributed by atoms with Crippen molar-refractivity contribution in [1.82, 2.24) is 0 Å². The molecule has 0 saturated heterocycles. The molecule has 0 radical (unpaired) electrons. The van der Waals surface area contributed by atoms with E-state index in [-0.39, 0.29) is 16.2 Å². The van der Waals surface area contributed by atoms with Crippen molar-refractivity contribution in [3.05, 3.63) is 29.8 Å². The Hall–Kier alpha value is -1.61. The van der Waals surface area contributed by atoms with Gasteiger partial charge in [-0.15, -0.1) is 0 Å². The highest BCUT2D eigenvalue weighted by molar-refractivity contribution is 6.74. The first-order valence-electron chi connectivity index (χ1n) is 10.0. The third-order valence-electron chi connectivity index (χ3n) is 5.87. The molecule has 28 heavy (non-hydrogen) atoms. The zero-order valence-corrected chi connectivity index (χ0v) is 19.3. The van der Waals surface area contributed by atoms with E-state index in [2.05, 4.69) is 52.6 Å². The van der Waals surface area contributed by atoms with Gasteiger partial charge in [0.25, 0.3) is 8.32 Å². The Morgan fingerprint density at radius 1 is 1.25 bits per heavy atom. The summed E-state index contributed by atoms with van der Waals surface area (Å²) < 4.78 is 17.1. The lowest BCUT2D eigenvalue weighted by molar-refractivity contribution is -0.0543. The van der Waals surface area contributed by atoms with Crippen LogP contribution in [0.25, 0.3) is 0 Å². The van der Waals surface area contributed by atoms with E-state index < -0.39 is 8.32 Å².